The Morgan fingerprint density at radius 2 is 1.93 bits per heavy atom. The van der Waals surface area contributed by atoms with Crippen LogP contribution in [0.15, 0.2) is 48.7 Å². The Hall–Kier alpha value is -2.35. The highest BCUT2D eigenvalue weighted by Gasteiger charge is 2.27. The molecule has 3 N–H and O–H groups in total. The number of fused-ring (bicyclic) bond motifs is 1. The average Bonchev–Trinajstić information content (AvgIpc) is 2.75. The highest BCUT2D eigenvalue weighted by Crippen LogP contribution is 2.30. The summed E-state index contributed by atoms with van der Waals surface area (Å²) in [6.45, 7) is 5.89. The number of aromatic nitrogens is 1. The molecule has 1 aromatic carbocycles. The fourth-order valence-electron chi connectivity index (χ4n) is 3.72. The Labute approximate surface area is 165 Å². The highest BCUT2D eigenvalue weighted by atomic mass is 16.6. The molecule has 0 spiro atoms. The first kappa shape index (κ1) is 19.0. The van der Waals surface area contributed by atoms with Gasteiger partial charge in [0, 0.05) is 6.07 Å². The number of piperazine rings is 1. The Morgan fingerprint density at radius 1 is 1.14 bits per heavy atom. The van der Waals surface area contributed by atoms with Gasteiger partial charge in [0.05, 0.1) is 19.4 Å². The van der Waals surface area contributed by atoms with E-state index in [0.717, 1.165) is 43.5 Å². The number of nitrogens with one attached hydrogen (secondary N) is 2. The first-order valence-corrected chi connectivity index (χ1v) is 9.97. The first-order valence-electron chi connectivity index (χ1n) is 9.97. The molecule has 0 amide bonds. The van der Waals surface area contributed by atoms with E-state index >= 15 is 0 Å². The van der Waals surface area contributed by atoms with Crippen LogP contribution in [-0.4, -0.2) is 69.9 Å². The number of H-pyrrole nitrogens is 1. The number of rotatable bonds is 7. The molecule has 1 saturated heterocycles. The lowest BCUT2D eigenvalue weighted by molar-refractivity contribution is -0.903. The van der Waals surface area contributed by atoms with Gasteiger partial charge in [-0.25, -0.2) is 4.98 Å². The Balaban J connectivity index is 1.14. The lowest BCUT2D eigenvalue weighted by Crippen LogP contribution is -3.16. The van der Waals surface area contributed by atoms with Crippen molar-refractivity contribution in [3.8, 4) is 11.5 Å². The maximum Gasteiger partial charge on any atom is 0.274 e. The van der Waals surface area contributed by atoms with E-state index < -0.39 is 6.10 Å². The van der Waals surface area contributed by atoms with E-state index in [-0.39, 0.29) is 6.10 Å². The second kappa shape index (κ2) is 9.23. The van der Waals surface area contributed by atoms with Crippen molar-refractivity contribution in [1.29, 1.82) is 0 Å². The molecule has 2 aromatic rings. The summed E-state index contributed by atoms with van der Waals surface area (Å²) < 4.78 is 17.3. The third kappa shape index (κ3) is 4.92. The zero-order valence-electron chi connectivity index (χ0n) is 16.0. The summed E-state index contributed by atoms with van der Waals surface area (Å²) in [7, 11) is 0. The largest absolute Gasteiger partial charge is 0.486 e. The number of aliphatic hydroxyl groups is 1. The number of benzene rings is 1. The third-order valence-corrected chi connectivity index (χ3v) is 5.21. The van der Waals surface area contributed by atoms with Crippen LogP contribution in [0.25, 0.3) is 0 Å². The zero-order valence-corrected chi connectivity index (χ0v) is 16.0. The van der Waals surface area contributed by atoms with Gasteiger partial charge in [-0.15, -0.1) is 0 Å². The molecule has 2 aliphatic rings. The van der Waals surface area contributed by atoms with Crippen LogP contribution in [0.4, 0.5) is 5.82 Å². The molecule has 7 nitrogen and oxygen atoms in total. The minimum atomic E-state index is -0.471. The van der Waals surface area contributed by atoms with Crippen molar-refractivity contribution in [2.75, 3.05) is 57.4 Å². The van der Waals surface area contributed by atoms with Crippen LogP contribution in [0.5, 0.6) is 11.5 Å². The second-order valence-electron chi connectivity index (χ2n) is 7.38. The van der Waals surface area contributed by atoms with Crippen molar-refractivity contribution >= 4 is 5.82 Å². The maximum atomic E-state index is 10.3. The van der Waals surface area contributed by atoms with Crippen molar-refractivity contribution < 1.29 is 29.2 Å². The molecule has 4 rings (SSSR count). The molecule has 3 heterocycles. The number of ether oxygens (including phenoxy) is 3. The van der Waals surface area contributed by atoms with E-state index in [4.69, 9.17) is 14.2 Å². The normalized spacial score (nSPS) is 20.8. The van der Waals surface area contributed by atoms with Crippen molar-refractivity contribution in [2.24, 2.45) is 0 Å². The van der Waals surface area contributed by atoms with Crippen LogP contribution < -0.4 is 24.3 Å². The molecule has 0 bridgehead atoms. The number of hydrogen-bond donors (Lipinski definition) is 2. The molecule has 0 radical (unpaired) electrons. The number of hydrogen-bond acceptors (Lipinski definition) is 5. The smallest absolute Gasteiger partial charge is 0.274 e. The molecule has 0 unspecified atom stereocenters. The lowest BCUT2D eigenvalue weighted by atomic mass is 10.2. The van der Waals surface area contributed by atoms with Gasteiger partial charge in [-0.1, -0.05) is 18.2 Å². The molecular formula is C21H29N3O4+2. The van der Waals surface area contributed by atoms with E-state index in [1.165, 1.54) is 4.90 Å². The van der Waals surface area contributed by atoms with Gasteiger partial charge in [-0.05, 0) is 18.2 Å². The van der Waals surface area contributed by atoms with Crippen LogP contribution in [-0.2, 0) is 4.74 Å². The van der Waals surface area contributed by atoms with Crippen molar-refractivity contribution in [2.45, 2.75) is 12.2 Å². The van der Waals surface area contributed by atoms with Crippen LogP contribution in [0.1, 0.15) is 0 Å². The topological polar surface area (TPSA) is 69.7 Å². The summed E-state index contributed by atoms with van der Waals surface area (Å²) in [5.41, 5.74) is 0. The first-order chi connectivity index (χ1) is 13.8. The molecule has 1 fully saturated rings. The Bertz CT molecular complexity index is 737. The fourth-order valence-corrected chi connectivity index (χ4v) is 3.72. The predicted octanol–water partition coefficient (Wildman–Crippen LogP) is -0.577. The van der Waals surface area contributed by atoms with Gasteiger partial charge in [0.25, 0.3) is 5.82 Å². The van der Waals surface area contributed by atoms with Crippen LogP contribution >= 0.6 is 0 Å². The Kier molecular flexibility index (Phi) is 6.26. The predicted molar refractivity (Wildman–Crippen MR) is 104 cm³/mol. The molecule has 2 atom stereocenters. The zero-order chi connectivity index (χ0) is 19.2. The number of para-hydroxylation sites is 2. The average molecular weight is 387 g/mol. The maximum absolute atomic E-state index is 10.3. The number of anilines is 1. The van der Waals surface area contributed by atoms with Crippen molar-refractivity contribution in [3.05, 3.63) is 48.7 Å². The molecule has 150 valence electrons. The monoisotopic (exact) mass is 387 g/mol. The minimum Gasteiger partial charge on any atom is -0.486 e. The van der Waals surface area contributed by atoms with Gasteiger partial charge in [-0.2, -0.15) is 0 Å². The quantitative estimate of drug-likeness (QED) is 0.666. The summed E-state index contributed by atoms with van der Waals surface area (Å²) in [5.74, 6) is 2.68. The lowest BCUT2D eigenvalue weighted by Gasteiger charge is -2.30. The van der Waals surface area contributed by atoms with E-state index in [2.05, 4.69) is 16.0 Å². The van der Waals surface area contributed by atoms with Gasteiger partial charge in [0.2, 0.25) is 0 Å². The van der Waals surface area contributed by atoms with E-state index in [1.54, 1.807) is 0 Å². The van der Waals surface area contributed by atoms with E-state index in [1.807, 2.05) is 42.6 Å². The van der Waals surface area contributed by atoms with Gasteiger partial charge < -0.3 is 24.2 Å². The van der Waals surface area contributed by atoms with Crippen molar-refractivity contribution in [1.82, 2.24) is 0 Å². The van der Waals surface area contributed by atoms with Gasteiger partial charge in [-0.3, -0.25) is 4.90 Å². The van der Waals surface area contributed by atoms with Gasteiger partial charge in [0.1, 0.15) is 45.4 Å². The highest BCUT2D eigenvalue weighted by molar-refractivity contribution is 5.40. The molecule has 7 heteroatoms. The van der Waals surface area contributed by atoms with E-state index in [9.17, 15) is 5.11 Å². The van der Waals surface area contributed by atoms with E-state index in [0.29, 0.717) is 26.4 Å². The van der Waals surface area contributed by atoms with Crippen molar-refractivity contribution in [3.63, 3.8) is 0 Å². The number of aromatic amines is 1. The summed E-state index contributed by atoms with van der Waals surface area (Å²) in [6, 6.07) is 13.8. The van der Waals surface area contributed by atoms with Crippen LogP contribution in [0.2, 0.25) is 0 Å². The molecule has 2 aliphatic heterocycles. The summed E-state index contributed by atoms with van der Waals surface area (Å²) in [5, 5.41) is 10.3. The summed E-state index contributed by atoms with van der Waals surface area (Å²) in [6.07, 6.45) is 1.34. The fraction of sp³-hybridized carbons (Fsp3) is 0.476. The number of pyridine rings is 1. The number of aliphatic hydroxyl groups excluding tert-OH is 1. The van der Waals surface area contributed by atoms with Crippen LogP contribution in [0.3, 0.4) is 0 Å². The second-order valence-corrected chi connectivity index (χ2v) is 7.38. The molecule has 0 saturated carbocycles. The SMILES string of the molecule is O[C@H](COC[C@H]1COc2ccccc2O1)C[NH+]1CCN(c2cccc[nH+]2)CC1. The molecule has 1 aromatic heterocycles. The molecular weight excluding hydrogens is 358 g/mol. The number of nitrogens with zero attached hydrogens (tertiary/aromatic N) is 1. The third-order valence-electron chi connectivity index (χ3n) is 5.21. The summed E-state index contributed by atoms with van der Waals surface area (Å²) >= 11 is 0. The summed E-state index contributed by atoms with van der Waals surface area (Å²) in [4.78, 5) is 7.05. The molecule has 0 aliphatic carbocycles. The van der Waals surface area contributed by atoms with Crippen LogP contribution in [0, 0.1) is 0 Å². The Morgan fingerprint density at radius 3 is 2.71 bits per heavy atom. The molecule has 28 heavy (non-hydrogen) atoms. The van der Waals surface area contributed by atoms with Gasteiger partial charge in [0.15, 0.2) is 17.6 Å². The minimum absolute atomic E-state index is 0.139. The standard InChI is InChI=1S/C21H27N3O4/c25-17(13-23-9-11-24(12-10-23)21-7-3-4-8-22-21)14-26-15-18-16-27-19-5-1-2-6-20(19)28-18/h1-8,17-18,25H,9-16H2/p+2/t17-,18-/m0/s1. The van der Waals surface area contributed by atoms with Gasteiger partial charge >= 0.3 is 0 Å². The number of quaternary nitrogens is 1.